The van der Waals surface area contributed by atoms with Crippen LogP contribution in [-0.4, -0.2) is 17.4 Å². The van der Waals surface area contributed by atoms with Gasteiger partial charge in [0.05, 0.1) is 5.52 Å². The second-order valence-electron chi connectivity index (χ2n) is 7.13. The van der Waals surface area contributed by atoms with Gasteiger partial charge in [0.1, 0.15) is 0 Å². The van der Waals surface area contributed by atoms with Crippen molar-refractivity contribution >= 4 is 27.6 Å². The number of H-pyrrole nitrogens is 1. The average molecular weight is 370 g/mol. The number of benzene rings is 3. The highest BCUT2D eigenvalue weighted by Gasteiger charge is 2.10. The lowest BCUT2D eigenvalue weighted by Crippen LogP contribution is -2.27. The minimum absolute atomic E-state index is 0.0967. The lowest BCUT2D eigenvalue weighted by molar-refractivity contribution is 0.0956. The molecule has 28 heavy (non-hydrogen) atoms. The first-order valence-corrected chi connectivity index (χ1v) is 9.42. The minimum Gasteiger partial charge on any atom is -0.352 e. The molecule has 0 saturated heterocycles. The first-order chi connectivity index (χ1) is 13.5. The molecule has 4 aromatic rings. The zero-order valence-electron chi connectivity index (χ0n) is 16.0. The van der Waals surface area contributed by atoms with Gasteiger partial charge >= 0.3 is 0 Å². The molecule has 0 saturated carbocycles. The summed E-state index contributed by atoms with van der Waals surface area (Å²) < 4.78 is 0. The molecule has 3 aromatic carbocycles. The molecule has 4 rings (SSSR count). The van der Waals surface area contributed by atoms with Crippen LogP contribution in [-0.2, 0) is 6.42 Å². The zero-order chi connectivity index (χ0) is 19.7. The first kappa shape index (κ1) is 18.0. The number of pyridine rings is 1. The lowest BCUT2D eigenvalue weighted by atomic mass is 10.0. The maximum absolute atomic E-state index is 12.6. The van der Waals surface area contributed by atoms with Crippen LogP contribution in [0.15, 0.2) is 65.5 Å². The number of aryl methyl sites for hydroxylation is 2. The summed E-state index contributed by atoms with van der Waals surface area (Å²) in [4.78, 5) is 28.1. The fourth-order valence-electron chi connectivity index (χ4n) is 3.59. The van der Waals surface area contributed by atoms with Crippen molar-refractivity contribution in [1.29, 1.82) is 0 Å². The fraction of sp³-hybridized carbons (Fsp3) is 0.167. The highest BCUT2D eigenvalue weighted by atomic mass is 16.1. The number of hydrogen-bond donors (Lipinski definition) is 2. The van der Waals surface area contributed by atoms with E-state index in [2.05, 4.69) is 16.4 Å². The van der Waals surface area contributed by atoms with Crippen LogP contribution in [0.25, 0.3) is 21.7 Å². The number of aromatic amines is 1. The highest BCUT2D eigenvalue weighted by Crippen LogP contribution is 2.20. The molecule has 0 spiro atoms. The van der Waals surface area contributed by atoms with E-state index < -0.39 is 0 Å². The van der Waals surface area contributed by atoms with Crippen LogP contribution in [0.4, 0.5) is 0 Å². The smallest absolute Gasteiger partial charge is 0.251 e. The van der Waals surface area contributed by atoms with E-state index in [-0.39, 0.29) is 11.5 Å². The second kappa shape index (κ2) is 7.31. The Morgan fingerprint density at radius 2 is 1.75 bits per heavy atom. The van der Waals surface area contributed by atoms with Gasteiger partial charge in [0, 0.05) is 17.7 Å². The topological polar surface area (TPSA) is 62.0 Å². The van der Waals surface area contributed by atoms with Crippen molar-refractivity contribution in [3.05, 3.63) is 93.3 Å². The minimum atomic E-state index is -0.125. The lowest BCUT2D eigenvalue weighted by Gasteiger charge is -2.10. The standard InChI is InChI=1S/C24H22N2O2/c1-15-10-11-18-14-19(23(27)26-22(18)16(15)2)12-13-25-24(28)21-9-5-7-17-6-3-4-8-20(17)21/h3-11,14H,12-13H2,1-2H3,(H,25,28)(H,26,27). The number of fused-ring (bicyclic) bond motifs is 2. The third kappa shape index (κ3) is 3.29. The Labute approximate surface area is 163 Å². The van der Waals surface area contributed by atoms with Gasteiger partial charge in [-0.15, -0.1) is 0 Å². The van der Waals surface area contributed by atoms with Gasteiger partial charge in [0.15, 0.2) is 0 Å². The predicted molar refractivity (Wildman–Crippen MR) is 114 cm³/mol. The summed E-state index contributed by atoms with van der Waals surface area (Å²) in [5.74, 6) is -0.125. The van der Waals surface area contributed by atoms with Crippen molar-refractivity contribution in [3.8, 4) is 0 Å². The third-order valence-electron chi connectivity index (χ3n) is 5.34. The van der Waals surface area contributed by atoms with Crippen molar-refractivity contribution in [1.82, 2.24) is 10.3 Å². The van der Waals surface area contributed by atoms with Gasteiger partial charge in [-0.2, -0.15) is 0 Å². The summed E-state index contributed by atoms with van der Waals surface area (Å²) in [6.07, 6.45) is 0.481. The van der Waals surface area contributed by atoms with Gasteiger partial charge in [-0.05, 0) is 59.7 Å². The number of amides is 1. The van der Waals surface area contributed by atoms with E-state index in [1.807, 2.05) is 68.4 Å². The maximum Gasteiger partial charge on any atom is 0.251 e. The molecule has 0 atom stereocenters. The molecular formula is C24H22N2O2. The first-order valence-electron chi connectivity index (χ1n) is 9.42. The summed E-state index contributed by atoms with van der Waals surface area (Å²) in [5.41, 5.74) is 4.35. The molecule has 2 N–H and O–H groups in total. The van der Waals surface area contributed by atoms with Gasteiger partial charge < -0.3 is 10.3 Å². The van der Waals surface area contributed by atoms with Crippen molar-refractivity contribution in [2.45, 2.75) is 20.3 Å². The average Bonchev–Trinajstić information content (AvgIpc) is 2.71. The maximum atomic E-state index is 12.6. The largest absolute Gasteiger partial charge is 0.352 e. The molecule has 140 valence electrons. The quantitative estimate of drug-likeness (QED) is 0.563. The predicted octanol–water partition coefficient (Wildman–Crippen LogP) is 4.27. The second-order valence-corrected chi connectivity index (χ2v) is 7.13. The van der Waals surface area contributed by atoms with Crippen LogP contribution in [0.5, 0.6) is 0 Å². The molecule has 4 nitrogen and oxygen atoms in total. The molecular weight excluding hydrogens is 348 g/mol. The number of rotatable bonds is 4. The molecule has 0 radical (unpaired) electrons. The van der Waals surface area contributed by atoms with Gasteiger partial charge in [-0.3, -0.25) is 9.59 Å². The molecule has 4 heteroatoms. The van der Waals surface area contributed by atoms with E-state index in [0.29, 0.717) is 24.1 Å². The molecule has 0 unspecified atom stereocenters. The molecule has 1 heterocycles. The number of nitrogens with one attached hydrogen (secondary N) is 2. The van der Waals surface area contributed by atoms with Crippen LogP contribution in [0.1, 0.15) is 27.0 Å². The van der Waals surface area contributed by atoms with Crippen LogP contribution in [0.2, 0.25) is 0 Å². The zero-order valence-corrected chi connectivity index (χ0v) is 16.0. The van der Waals surface area contributed by atoms with Crippen molar-refractivity contribution in [2.75, 3.05) is 6.54 Å². The summed E-state index contributed by atoms with van der Waals surface area (Å²) in [6.45, 7) is 4.45. The molecule has 0 aliphatic rings. The Bertz CT molecular complexity index is 1250. The number of hydrogen-bond acceptors (Lipinski definition) is 2. The number of aromatic nitrogens is 1. The van der Waals surface area contributed by atoms with Crippen LogP contribution >= 0.6 is 0 Å². The third-order valence-corrected chi connectivity index (χ3v) is 5.34. The monoisotopic (exact) mass is 370 g/mol. The summed E-state index contributed by atoms with van der Waals surface area (Å²) in [7, 11) is 0. The Morgan fingerprint density at radius 3 is 2.61 bits per heavy atom. The number of carbonyl (C=O) groups is 1. The van der Waals surface area contributed by atoms with Crippen molar-refractivity contribution in [2.24, 2.45) is 0 Å². The normalized spacial score (nSPS) is 11.1. The van der Waals surface area contributed by atoms with E-state index in [4.69, 9.17) is 0 Å². The summed E-state index contributed by atoms with van der Waals surface area (Å²) in [6, 6.07) is 19.5. The van der Waals surface area contributed by atoms with E-state index in [1.54, 1.807) is 0 Å². The molecule has 1 amide bonds. The van der Waals surface area contributed by atoms with E-state index >= 15 is 0 Å². The Balaban J connectivity index is 1.52. The Hall–Kier alpha value is -3.40. The van der Waals surface area contributed by atoms with Gasteiger partial charge in [-0.1, -0.05) is 48.5 Å². The summed E-state index contributed by atoms with van der Waals surface area (Å²) in [5, 5.41) is 5.92. The van der Waals surface area contributed by atoms with Gasteiger partial charge in [-0.25, -0.2) is 0 Å². The molecule has 0 bridgehead atoms. The molecule has 1 aromatic heterocycles. The van der Waals surface area contributed by atoms with E-state index in [9.17, 15) is 9.59 Å². The highest BCUT2D eigenvalue weighted by molar-refractivity contribution is 6.07. The van der Waals surface area contributed by atoms with Crippen LogP contribution in [0, 0.1) is 13.8 Å². The molecule has 0 aliphatic carbocycles. The van der Waals surface area contributed by atoms with Crippen LogP contribution in [0.3, 0.4) is 0 Å². The Kier molecular flexibility index (Phi) is 4.70. The van der Waals surface area contributed by atoms with Crippen LogP contribution < -0.4 is 10.9 Å². The van der Waals surface area contributed by atoms with E-state index in [0.717, 1.165) is 32.8 Å². The van der Waals surface area contributed by atoms with Gasteiger partial charge in [0.25, 0.3) is 11.5 Å². The fourth-order valence-corrected chi connectivity index (χ4v) is 3.59. The molecule has 0 fully saturated rings. The van der Waals surface area contributed by atoms with Gasteiger partial charge in [0.2, 0.25) is 0 Å². The SMILES string of the molecule is Cc1ccc2cc(CCNC(=O)c3cccc4ccccc34)c(=O)[nH]c2c1C. The van der Waals surface area contributed by atoms with E-state index in [1.165, 1.54) is 0 Å². The van der Waals surface area contributed by atoms with Crippen molar-refractivity contribution in [3.63, 3.8) is 0 Å². The van der Waals surface area contributed by atoms with Crippen molar-refractivity contribution < 1.29 is 4.79 Å². The molecule has 0 aliphatic heterocycles. The number of carbonyl (C=O) groups excluding carboxylic acids is 1. The Morgan fingerprint density at radius 1 is 0.964 bits per heavy atom. The summed E-state index contributed by atoms with van der Waals surface area (Å²) >= 11 is 0.